The molecule has 1 aliphatic heterocycles. The van der Waals surface area contributed by atoms with Crippen molar-refractivity contribution >= 4 is 29.9 Å². The summed E-state index contributed by atoms with van der Waals surface area (Å²) in [7, 11) is 0. The van der Waals surface area contributed by atoms with Crippen LogP contribution in [0.1, 0.15) is 58.3 Å². The highest BCUT2D eigenvalue weighted by atomic mass is 127. The molecule has 5 nitrogen and oxygen atoms in total. The number of hydrogen-bond donors (Lipinski definition) is 1. The molecular weight excluding hydrogens is 451 g/mol. The predicted molar refractivity (Wildman–Crippen MR) is 123 cm³/mol. The van der Waals surface area contributed by atoms with Gasteiger partial charge in [0.15, 0.2) is 5.96 Å². The molecule has 1 aliphatic carbocycles. The van der Waals surface area contributed by atoms with Crippen molar-refractivity contribution in [2.45, 2.75) is 64.8 Å². The van der Waals surface area contributed by atoms with Crippen molar-refractivity contribution in [3.63, 3.8) is 0 Å². The van der Waals surface area contributed by atoms with Crippen LogP contribution in [-0.2, 0) is 6.54 Å². The number of nitrogens with one attached hydrogen (secondary N) is 1. The third-order valence-electron chi connectivity index (χ3n) is 5.95. The third kappa shape index (κ3) is 6.22. The maximum absolute atomic E-state index is 11.7. The minimum absolute atomic E-state index is 0. The molecule has 6 heteroatoms. The van der Waals surface area contributed by atoms with Crippen LogP contribution in [0.5, 0.6) is 0 Å². The zero-order valence-electron chi connectivity index (χ0n) is 16.7. The molecule has 1 spiro atoms. The Bertz CT molecular complexity index is 652. The van der Waals surface area contributed by atoms with Crippen LogP contribution in [0.4, 0.5) is 0 Å². The highest BCUT2D eigenvalue weighted by molar-refractivity contribution is 14.0. The average molecular weight is 486 g/mol. The molecule has 1 aromatic heterocycles. The standard InChI is InChI=1S/C21H34N4O.HI/c1-2-22-20(25-17-13-21(18-25)11-5-3-6-12-21)23-14-7-9-16-24-15-8-4-10-19(24)26;/h4,8,10,15H,2-3,5-7,9,11-14,16-18H2,1H3,(H,22,23);1H. The zero-order valence-corrected chi connectivity index (χ0v) is 19.0. The first kappa shape index (κ1) is 22.2. The highest BCUT2D eigenvalue weighted by Gasteiger charge is 2.39. The first-order valence-corrected chi connectivity index (χ1v) is 10.4. The summed E-state index contributed by atoms with van der Waals surface area (Å²) in [5.41, 5.74) is 0.641. The number of pyridine rings is 1. The fourth-order valence-corrected chi connectivity index (χ4v) is 4.48. The number of aliphatic imine (C=N–C) groups is 1. The lowest BCUT2D eigenvalue weighted by Gasteiger charge is -2.33. The van der Waals surface area contributed by atoms with E-state index in [0.717, 1.165) is 45.0 Å². The van der Waals surface area contributed by atoms with E-state index in [0.29, 0.717) is 5.41 Å². The van der Waals surface area contributed by atoms with E-state index in [9.17, 15) is 4.79 Å². The van der Waals surface area contributed by atoms with Crippen LogP contribution in [0.15, 0.2) is 34.2 Å². The van der Waals surface area contributed by atoms with Crippen LogP contribution in [0.25, 0.3) is 0 Å². The van der Waals surface area contributed by atoms with Gasteiger partial charge in [0.05, 0.1) is 0 Å². The van der Waals surface area contributed by atoms with Crippen molar-refractivity contribution in [1.29, 1.82) is 0 Å². The van der Waals surface area contributed by atoms with Gasteiger partial charge in [-0.15, -0.1) is 24.0 Å². The number of halogens is 1. The smallest absolute Gasteiger partial charge is 0.250 e. The van der Waals surface area contributed by atoms with Gasteiger partial charge in [-0.2, -0.15) is 0 Å². The normalized spacial score (nSPS) is 19.1. The number of guanidine groups is 1. The molecule has 0 amide bonds. The van der Waals surface area contributed by atoms with E-state index in [1.807, 2.05) is 12.3 Å². The molecule has 1 aromatic rings. The lowest BCUT2D eigenvalue weighted by molar-refractivity contribution is 0.203. The molecule has 2 fully saturated rings. The maximum atomic E-state index is 11.7. The second-order valence-electron chi connectivity index (χ2n) is 7.91. The van der Waals surface area contributed by atoms with Gasteiger partial charge in [0, 0.05) is 45.0 Å². The van der Waals surface area contributed by atoms with E-state index >= 15 is 0 Å². The second-order valence-corrected chi connectivity index (χ2v) is 7.91. The predicted octanol–water partition coefficient (Wildman–Crippen LogP) is 3.87. The van der Waals surface area contributed by atoms with Gasteiger partial charge in [-0.1, -0.05) is 25.3 Å². The van der Waals surface area contributed by atoms with Gasteiger partial charge < -0.3 is 14.8 Å². The Morgan fingerprint density at radius 2 is 2.00 bits per heavy atom. The Morgan fingerprint density at radius 1 is 1.19 bits per heavy atom. The third-order valence-corrected chi connectivity index (χ3v) is 5.95. The first-order chi connectivity index (χ1) is 12.7. The number of hydrogen-bond acceptors (Lipinski definition) is 2. The Kier molecular flexibility index (Phi) is 9.12. The van der Waals surface area contributed by atoms with Gasteiger partial charge in [-0.25, -0.2) is 0 Å². The first-order valence-electron chi connectivity index (χ1n) is 10.4. The van der Waals surface area contributed by atoms with Gasteiger partial charge in [0.25, 0.3) is 0 Å². The van der Waals surface area contributed by atoms with E-state index < -0.39 is 0 Å². The molecule has 0 aromatic carbocycles. The number of nitrogens with zero attached hydrogens (tertiary/aromatic N) is 3. The summed E-state index contributed by atoms with van der Waals surface area (Å²) in [4.78, 5) is 19.1. The van der Waals surface area contributed by atoms with Crippen molar-refractivity contribution in [2.24, 2.45) is 10.4 Å². The van der Waals surface area contributed by atoms with E-state index in [-0.39, 0.29) is 29.5 Å². The molecule has 1 saturated heterocycles. The van der Waals surface area contributed by atoms with E-state index in [4.69, 9.17) is 4.99 Å². The molecule has 0 bridgehead atoms. The lowest BCUT2D eigenvalue weighted by Crippen LogP contribution is -2.41. The Morgan fingerprint density at radius 3 is 2.74 bits per heavy atom. The highest BCUT2D eigenvalue weighted by Crippen LogP contribution is 2.43. The number of unbranched alkanes of at least 4 members (excludes halogenated alkanes) is 1. The number of aryl methyl sites for hydroxylation is 1. The van der Waals surface area contributed by atoms with Gasteiger partial charge in [0.1, 0.15) is 0 Å². The van der Waals surface area contributed by atoms with Crippen molar-refractivity contribution in [3.8, 4) is 0 Å². The van der Waals surface area contributed by atoms with Gasteiger partial charge in [-0.3, -0.25) is 9.79 Å². The number of rotatable bonds is 6. The Balaban J connectivity index is 0.00000261. The Labute approximate surface area is 180 Å². The molecule has 1 N–H and O–H groups in total. The molecule has 152 valence electrons. The largest absolute Gasteiger partial charge is 0.357 e. The summed E-state index contributed by atoms with van der Waals surface area (Å²) >= 11 is 0. The molecule has 2 heterocycles. The molecule has 0 unspecified atom stereocenters. The lowest BCUT2D eigenvalue weighted by atomic mass is 9.73. The van der Waals surface area contributed by atoms with Crippen molar-refractivity contribution < 1.29 is 0 Å². The summed E-state index contributed by atoms with van der Waals surface area (Å²) in [6.45, 7) is 6.99. The summed E-state index contributed by atoms with van der Waals surface area (Å²) in [6.07, 6.45) is 12.2. The average Bonchev–Trinajstić information content (AvgIpc) is 3.06. The fourth-order valence-electron chi connectivity index (χ4n) is 4.48. The summed E-state index contributed by atoms with van der Waals surface area (Å²) in [5.74, 6) is 1.09. The van der Waals surface area contributed by atoms with Crippen LogP contribution in [-0.4, -0.2) is 41.6 Å². The maximum Gasteiger partial charge on any atom is 0.250 e. The molecule has 1 saturated carbocycles. The SMILES string of the molecule is CCNC(=NCCCCn1ccccc1=O)N1CCC2(CCCCC2)C1.I. The minimum Gasteiger partial charge on any atom is -0.357 e. The summed E-state index contributed by atoms with van der Waals surface area (Å²) in [5, 5.41) is 3.48. The zero-order chi connectivity index (χ0) is 18.2. The summed E-state index contributed by atoms with van der Waals surface area (Å²) < 4.78 is 1.78. The minimum atomic E-state index is 0. The molecule has 0 atom stereocenters. The summed E-state index contributed by atoms with van der Waals surface area (Å²) in [6, 6.07) is 5.33. The van der Waals surface area contributed by atoms with Crippen LogP contribution >= 0.6 is 24.0 Å². The van der Waals surface area contributed by atoms with Crippen LogP contribution in [0.3, 0.4) is 0 Å². The van der Waals surface area contributed by atoms with Crippen molar-refractivity contribution in [1.82, 2.24) is 14.8 Å². The van der Waals surface area contributed by atoms with Gasteiger partial charge in [0.2, 0.25) is 5.56 Å². The van der Waals surface area contributed by atoms with Gasteiger partial charge >= 0.3 is 0 Å². The number of likely N-dealkylation sites (tertiary alicyclic amines) is 1. The fraction of sp³-hybridized carbons (Fsp3) is 0.714. The number of aromatic nitrogens is 1. The van der Waals surface area contributed by atoms with E-state index in [1.165, 1.54) is 45.1 Å². The van der Waals surface area contributed by atoms with Crippen LogP contribution in [0.2, 0.25) is 0 Å². The molecule has 2 aliphatic rings. The van der Waals surface area contributed by atoms with E-state index in [1.54, 1.807) is 16.7 Å². The topological polar surface area (TPSA) is 49.6 Å². The van der Waals surface area contributed by atoms with Gasteiger partial charge in [-0.05, 0) is 50.5 Å². The molecule has 27 heavy (non-hydrogen) atoms. The van der Waals surface area contributed by atoms with Crippen molar-refractivity contribution in [3.05, 3.63) is 34.7 Å². The molecule has 3 rings (SSSR count). The van der Waals surface area contributed by atoms with Crippen LogP contribution in [0, 0.1) is 5.41 Å². The Hall–Kier alpha value is -1.05. The van der Waals surface area contributed by atoms with Crippen molar-refractivity contribution in [2.75, 3.05) is 26.2 Å². The quantitative estimate of drug-likeness (QED) is 0.288. The molecular formula is C21H35IN4O. The molecule has 0 radical (unpaired) electrons. The monoisotopic (exact) mass is 486 g/mol. The van der Waals surface area contributed by atoms with Crippen LogP contribution < -0.4 is 10.9 Å². The van der Waals surface area contributed by atoms with E-state index in [2.05, 4.69) is 17.1 Å². The second kappa shape index (κ2) is 11.1.